The van der Waals surface area contributed by atoms with Gasteiger partial charge in [-0.25, -0.2) is 8.78 Å². The van der Waals surface area contributed by atoms with Crippen LogP contribution >= 0.6 is 0 Å². The zero-order valence-electron chi connectivity index (χ0n) is 10.5. The molecule has 0 aliphatic heterocycles. The van der Waals surface area contributed by atoms with Crippen molar-refractivity contribution >= 4 is 12.2 Å². The molecule has 0 bridgehead atoms. The Labute approximate surface area is 109 Å². The van der Waals surface area contributed by atoms with Crippen LogP contribution in [0.2, 0.25) is 0 Å². The normalized spacial score (nSPS) is 10.1. The van der Waals surface area contributed by atoms with E-state index < -0.39 is 29.9 Å². The molecule has 1 aromatic rings. The molecule has 0 fully saturated rings. The molecular formula is C13H15F2NO3. The third-order valence-electron chi connectivity index (χ3n) is 2.36. The molecule has 4 nitrogen and oxygen atoms in total. The Morgan fingerprint density at radius 2 is 2.00 bits per heavy atom. The van der Waals surface area contributed by atoms with Gasteiger partial charge in [-0.15, -0.1) is 0 Å². The van der Waals surface area contributed by atoms with Gasteiger partial charge in [0.1, 0.15) is 6.29 Å². The van der Waals surface area contributed by atoms with Gasteiger partial charge < -0.3 is 10.1 Å². The van der Waals surface area contributed by atoms with Gasteiger partial charge in [-0.3, -0.25) is 9.59 Å². The SMILES string of the molecule is CCCCNC(=O)COc1c(F)cc(C=O)cc1F. The van der Waals surface area contributed by atoms with Crippen molar-refractivity contribution in [1.82, 2.24) is 5.32 Å². The maximum atomic E-state index is 13.4. The second kappa shape index (κ2) is 7.45. The molecule has 1 aromatic carbocycles. The van der Waals surface area contributed by atoms with E-state index in [0.717, 1.165) is 25.0 Å². The largest absolute Gasteiger partial charge is 0.478 e. The lowest BCUT2D eigenvalue weighted by molar-refractivity contribution is -0.123. The van der Waals surface area contributed by atoms with Gasteiger partial charge in [0, 0.05) is 12.1 Å². The molecule has 0 spiro atoms. The van der Waals surface area contributed by atoms with Gasteiger partial charge >= 0.3 is 0 Å². The minimum atomic E-state index is -1.01. The second-order valence-electron chi connectivity index (χ2n) is 3.92. The van der Waals surface area contributed by atoms with E-state index in [1.807, 2.05) is 6.92 Å². The van der Waals surface area contributed by atoms with Crippen molar-refractivity contribution in [3.63, 3.8) is 0 Å². The molecule has 1 amide bonds. The first-order valence-corrected chi connectivity index (χ1v) is 5.92. The van der Waals surface area contributed by atoms with Crippen molar-refractivity contribution in [2.75, 3.05) is 13.2 Å². The summed E-state index contributed by atoms with van der Waals surface area (Å²) in [4.78, 5) is 21.7. The maximum absolute atomic E-state index is 13.4. The Morgan fingerprint density at radius 3 is 2.53 bits per heavy atom. The van der Waals surface area contributed by atoms with Crippen LogP contribution in [0.4, 0.5) is 8.78 Å². The molecule has 0 aromatic heterocycles. The van der Waals surface area contributed by atoms with Crippen molar-refractivity contribution in [2.45, 2.75) is 19.8 Å². The molecule has 0 radical (unpaired) electrons. The first-order valence-electron chi connectivity index (χ1n) is 5.92. The summed E-state index contributed by atoms with van der Waals surface area (Å²) in [6, 6.07) is 1.70. The van der Waals surface area contributed by atoms with Crippen LogP contribution in [-0.2, 0) is 4.79 Å². The summed E-state index contributed by atoms with van der Waals surface area (Å²) in [7, 11) is 0. The molecule has 0 atom stereocenters. The number of carbonyl (C=O) groups excluding carboxylic acids is 2. The number of ether oxygens (including phenoxy) is 1. The van der Waals surface area contributed by atoms with Crippen LogP contribution in [0.5, 0.6) is 5.75 Å². The Kier molecular flexibility index (Phi) is 5.92. The summed E-state index contributed by atoms with van der Waals surface area (Å²) in [6.45, 7) is 1.99. The fraction of sp³-hybridized carbons (Fsp3) is 0.385. The Hall–Kier alpha value is -1.98. The van der Waals surface area contributed by atoms with E-state index in [2.05, 4.69) is 5.32 Å². The van der Waals surface area contributed by atoms with Crippen LogP contribution in [-0.4, -0.2) is 25.3 Å². The van der Waals surface area contributed by atoms with E-state index in [-0.39, 0.29) is 5.56 Å². The third kappa shape index (κ3) is 4.65. The highest BCUT2D eigenvalue weighted by Crippen LogP contribution is 2.22. The molecular weight excluding hydrogens is 256 g/mol. The summed E-state index contributed by atoms with van der Waals surface area (Å²) in [6.07, 6.45) is 2.08. The highest BCUT2D eigenvalue weighted by atomic mass is 19.1. The minimum absolute atomic E-state index is 0.130. The number of hydrogen-bond donors (Lipinski definition) is 1. The Morgan fingerprint density at radius 1 is 1.37 bits per heavy atom. The monoisotopic (exact) mass is 271 g/mol. The average molecular weight is 271 g/mol. The molecule has 0 unspecified atom stereocenters. The van der Waals surface area contributed by atoms with Gasteiger partial charge in [0.15, 0.2) is 24.0 Å². The Balaban J connectivity index is 2.58. The molecule has 19 heavy (non-hydrogen) atoms. The topological polar surface area (TPSA) is 55.4 Å². The number of benzene rings is 1. The molecule has 1 rings (SSSR count). The number of amides is 1. The van der Waals surface area contributed by atoms with Gasteiger partial charge in [0.2, 0.25) is 0 Å². The van der Waals surface area contributed by atoms with E-state index in [1.165, 1.54) is 0 Å². The predicted octanol–water partition coefficient (Wildman–Crippen LogP) is 2.07. The fourth-order valence-corrected chi connectivity index (χ4v) is 1.38. The summed E-state index contributed by atoms with van der Waals surface area (Å²) in [5, 5.41) is 2.55. The van der Waals surface area contributed by atoms with Gasteiger partial charge in [-0.05, 0) is 18.6 Å². The quantitative estimate of drug-likeness (QED) is 0.610. The molecule has 6 heteroatoms. The van der Waals surface area contributed by atoms with Crippen LogP contribution in [0, 0.1) is 11.6 Å². The van der Waals surface area contributed by atoms with Gasteiger partial charge in [0.05, 0.1) is 0 Å². The van der Waals surface area contributed by atoms with Crippen molar-refractivity contribution in [1.29, 1.82) is 0 Å². The van der Waals surface area contributed by atoms with Crippen LogP contribution in [0.1, 0.15) is 30.1 Å². The van der Waals surface area contributed by atoms with Crippen LogP contribution in [0.25, 0.3) is 0 Å². The summed E-state index contributed by atoms with van der Waals surface area (Å²) >= 11 is 0. The van der Waals surface area contributed by atoms with Crippen molar-refractivity contribution in [3.05, 3.63) is 29.3 Å². The van der Waals surface area contributed by atoms with E-state index in [4.69, 9.17) is 4.74 Å². The summed E-state index contributed by atoms with van der Waals surface area (Å²) in [5.41, 5.74) is -0.130. The number of halogens is 2. The molecule has 0 saturated carbocycles. The average Bonchev–Trinajstić information content (AvgIpc) is 2.37. The maximum Gasteiger partial charge on any atom is 0.257 e. The van der Waals surface area contributed by atoms with Gasteiger partial charge in [-0.2, -0.15) is 0 Å². The highest BCUT2D eigenvalue weighted by Gasteiger charge is 2.14. The lowest BCUT2D eigenvalue weighted by Gasteiger charge is -2.09. The number of carbonyl (C=O) groups is 2. The highest BCUT2D eigenvalue weighted by molar-refractivity contribution is 5.77. The fourth-order valence-electron chi connectivity index (χ4n) is 1.38. The van der Waals surface area contributed by atoms with E-state index in [1.54, 1.807) is 0 Å². The van der Waals surface area contributed by atoms with Gasteiger partial charge in [-0.1, -0.05) is 13.3 Å². The van der Waals surface area contributed by atoms with Crippen molar-refractivity contribution < 1.29 is 23.1 Å². The third-order valence-corrected chi connectivity index (χ3v) is 2.36. The molecule has 0 heterocycles. The van der Waals surface area contributed by atoms with Crippen LogP contribution in [0.3, 0.4) is 0 Å². The zero-order valence-corrected chi connectivity index (χ0v) is 10.5. The summed E-state index contributed by atoms with van der Waals surface area (Å²) in [5.74, 6) is -3.13. The van der Waals surface area contributed by atoms with Crippen molar-refractivity contribution in [3.8, 4) is 5.75 Å². The lowest BCUT2D eigenvalue weighted by atomic mass is 10.2. The smallest absolute Gasteiger partial charge is 0.257 e. The zero-order chi connectivity index (χ0) is 14.3. The first-order chi connectivity index (χ1) is 9.08. The number of aldehydes is 1. The lowest BCUT2D eigenvalue weighted by Crippen LogP contribution is -2.29. The minimum Gasteiger partial charge on any atom is -0.478 e. The van der Waals surface area contributed by atoms with E-state index >= 15 is 0 Å². The van der Waals surface area contributed by atoms with Crippen LogP contribution < -0.4 is 10.1 Å². The molecule has 1 N–H and O–H groups in total. The number of hydrogen-bond acceptors (Lipinski definition) is 3. The number of unbranched alkanes of at least 4 members (excludes halogenated alkanes) is 1. The van der Waals surface area contributed by atoms with E-state index in [0.29, 0.717) is 12.8 Å². The van der Waals surface area contributed by atoms with Crippen LogP contribution in [0.15, 0.2) is 12.1 Å². The van der Waals surface area contributed by atoms with E-state index in [9.17, 15) is 18.4 Å². The summed E-state index contributed by atoms with van der Waals surface area (Å²) < 4.78 is 31.6. The molecule has 104 valence electrons. The number of nitrogens with one attached hydrogen (secondary N) is 1. The molecule has 0 aliphatic rings. The van der Waals surface area contributed by atoms with Crippen molar-refractivity contribution in [2.24, 2.45) is 0 Å². The molecule has 0 aliphatic carbocycles. The van der Waals surface area contributed by atoms with Gasteiger partial charge in [0.25, 0.3) is 5.91 Å². The Bertz CT molecular complexity index is 440. The standard InChI is InChI=1S/C13H15F2NO3/c1-2-3-4-16-12(18)8-19-13-10(14)5-9(7-17)6-11(13)15/h5-7H,2-4,8H2,1H3,(H,16,18). The first kappa shape index (κ1) is 15.1. The molecule has 0 saturated heterocycles. The predicted molar refractivity (Wildman–Crippen MR) is 65.2 cm³/mol. The second-order valence-corrected chi connectivity index (χ2v) is 3.92. The number of rotatable bonds is 7.